The highest BCUT2D eigenvalue weighted by molar-refractivity contribution is 6.04. The molecule has 1 aromatic heterocycles. The number of carbonyl (C=O) groups is 2. The summed E-state index contributed by atoms with van der Waals surface area (Å²) in [5, 5.41) is 9.90. The lowest BCUT2D eigenvalue weighted by Gasteiger charge is -2.25. The van der Waals surface area contributed by atoms with Gasteiger partial charge >= 0.3 is 11.9 Å². The van der Waals surface area contributed by atoms with Gasteiger partial charge in [-0.3, -0.25) is 4.79 Å². The zero-order chi connectivity index (χ0) is 15.1. The largest absolute Gasteiger partial charge is 0.478 e. The van der Waals surface area contributed by atoms with Gasteiger partial charge in [-0.25, -0.2) is 4.79 Å². The van der Waals surface area contributed by atoms with E-state index in [0.717, 1.165) is 11.1 Å². The SMILES string of the molecule is CC(=O)OC(C)(C)c1ccc2[nH]c(C)c(C(=O)O)c2c1. The number of ether oxygens (including phenoxy) is 1. The molecule has 1 aromatic carbocycles. The Morgan fingerprint density at radius 2 is 1.95 bits per heavy atom. The molecule has 0 radical (unpaired) electrons. The second-order valence-electron chi connectivity index (χ2n) is 5.29. The summed E-state index contributed by atoms with van der Waals surface area (Å²) in [4.78, 5) is 25.5. The standard InChI is InChI=1S/C15H17NO4/c1-8-13(14(18)19)11-7-10(5-6-12(11)16-8)15(3,4)20-9(2)17/h5-7,16H,1-4H3,(H,18,19). The number of aryl methyl sites for hydroxylation is 1. The molecule has 0 unspecified atom stereocenters. The maximum Gasteiger partial charge on any atom is 0.338 e. The third-order valence-electron chi connectivity index (χ3n) is 3.29. The molecule has 2 rings (SSSR count). The molecular weight excluding hydrogens is 258 g/mol. The lowest BCUT2D eigenvalue weighted by atomic mass is 9.95. The molecule has 0 fully saturated rings. The number of esters is 1. The van der Waals surface area contributed by atoms with E-state index in [1.54, 1.807) is 32.9 Å². The van der Waals surface area contributed by atoms with Crippen LogP contribution in [0.3, 0.4) is 0 Å². The van der Waals surface area contributed by atoms with Gasteiger partial charge in [0.2, 0.25) is 0 Å². The molecule has 0 amide bonds. The fourth-order valence-electron chi connectivity index (χ4n) is 2.39. The van der Waals surface area contributed by atoms with Gasteiger partial charge in [0.05, 0.1) is 5.56 Å². The van der Waals surface area contributed by atoms with Gasteiger partial charge in [0.15, 0.2) is 0 Å². The van der Waals surface area contributed by atoms with E-state index in [0.29, 0.717) is 11.1 Å². The van der Waals surface area contributed by atoms with Gasteiger partial charge in [0.1, 0.15) is 5.60 Å². The number of hydrogen-bond acceptors (Lipinski definition) is 3. The molecule has 1 heterocycles. The molecule has 0 aliphatic carbocycles. The van der Waals surface area contributed by atoms with E-state index in [-0.39, 0.29) is 11.5 Å². The second-order valence-corrected chi connectivity index (χ2v) is 5.29. The van der Waals surface area contributed by atoms with Gasteiger partial charge in [0.25, 0.3) is 0 Å². The third kappa shape index (κ3) is 2.39. The second kappa shape index (κ2) is 4.67. The molecule has 2 aromatic rings. The quantitative estimate of drug-likeness (QED) is 0.844. The lowest BCUT2D eigenvalue weighted by Crippen LogP contribution is -2.24. The van der Waals surface area contributed by atoms with Crippen molar-refractivity contribution in [2.75, 3.05) is 0 Å². The highest BCUT2D eigenvalue weighted by Gasteiger charge is 2.25. The summed E-state index contributed by atoms with van der Waals surface area (Å²) in [7, 11) is 0. The number of benzene rings is 1. The van der Waals surface area contributed by atoms with Crippen molar-refractivity contribution >= 4 is 22.8 Å². The summed E-state index contributed by atoms with van der Waals surface area (Å²) in [5.41, 5.74) is 1.56. The number of fused-ring (bicyclic) bond motifs is 1. The molecular formula is C15H17NO4. The molecule has 0 saturated carbocycles. The number of aromatic nitrogens is 1. The van der Waals surface area contributed by atoms with Crippen LogP contribution in [0.1, 0.15) is 42.4 Å². The number of carboxylic acid groups (broad SMARTS) is 1. The van der Waals surface area contributed by atoms with Crippen LogP contribution < -0.4 is 0 Å². The summed E-state index contributed by atoms with van der Waals surface area (Å²) >= 11 is 0. The van der Waals surface area contributed by atoms with E-state index >= 15 is 0 Å². The van der Waals surface area contributed by atoms with Gasteiger partial charge < -0.3 is 14.8 Å². The van der Waals surface area contributed by atoms with Crippen LogP contribution in [0.4, 0.5) is 0 Å². The van der Waals surface area contributed by atoms with Crippen molar-refractivity contribution in [1.29, 1.82) is 0 Å². The summed E-state index contributed by atoms with van der Waals surface area (Å²) in [5.74, 6) is -1.35. The zero-order valence-corrected chi connectivity index (χ0v) is 11.9. The third-order valence-corrected chi connectivity index (χ3v) is 3.29. The van der Waals surface area contributed by atoms with E-state index in [2.05, 4.69) is 4.98 Å². The Balaban J connectivity index is 2.61. The minimum absolute atomic E-state index is 0.250. The van der Waals surface area contributed by atoms with E-state index < -0.39 is 11.6 Å². The highest BCUT2D eigenvalue weighted by atomic mass is 16.6. The Labute approximate surface area is 116 Å². The Morgan fingerprint density at radius 1 is 1.30 bits per heavy atom. The maximum absolute atomic E-state index is 11.3. The van der Waals surface area contributed by atoms with Gasteiger partial charge in [-0.2, -0.15) is 0 Å². The maximum atomic E-state index is 11.3. The monoisotopic (exact) mass is 275 g/mol. The van der Waals surface area contributed by atoms with E-state index in [9.17, 15) is 14.7 Å². The average Bonchev–Trinajstić information content (AvgIpc) is 2.61. The average molecular weight is 275 g/mol. The van der Waals surface area contributed by atoms with E-state index in [1.807, 2.05) is 6.07 Å². The van der Waals surface area contributed by atoms with Crippen LogP contribution in [0.25, 0.3) is 10.9 Å². The first-order valence-electron chi connectivity index (χ1n) is 6.28. The van der Waals surface area contributed by atoms with Crippen molar-refractivity contribution in [1.82, 2.24) is 4.98 Å². The number of H-pyrrole nitrogens is 1. The van der Waals surface area contributed by atoms with Crippen LogP contribution in [0, 0.1) is 6.92 Å². The number of carbonyl (C=O) groups excluding carboxylic acids is 1. The number of rotatable bonds is 3. The zero-order valence-electron chi connectivity index (χ0n) is 11.9. The molecule has 0 aliphatic heterocycles. The topological polar surface area (TPSA) is 79.4 Å². The number of hydrogen-bond donors (Lipinski definition) is 2. The predicted molar refractivity (Wildman–Crippen MR) is 74.8 cm³/mol. The van der Waals surface area contributed by atoms with Crippen molar-refractivity contribution in [2.24, 2.45) is 0 Å². The molecule has 20 heavy (non-hydrogen) atoms. The summed E-state index contributed by atoms with van der Waals surface area (Å²) in [6.07, 6.45) is 0. The number of carboxylic acids is 1. The molecule has 0 spiro atoms. The molecule has 5 heteroatoms. The number of nitrogens with one attached hydrogen (secondary N) is 1. The highest BCUT2D eigenvalue weighted by Crippen LogP contribution is 2.30. The predicted octanol–water partition coefficient (Wildman–Crippen LogP) is 2.97. The van der Waals surface area contributed by atoms with Crippen molar-refractivity contribution in [2.45, 2.75) is 33.3 Å². The van der Waals surface area contributed by atoms with Crippen molar-refractivity contribution in [3.63, 3.8) is 0 Å². The van der Waals surface area contributed by atoms with Gasteiger partial charge in [-0.1, -0.05) is 6.07 Å². The van der Waals surface area contributed by atoms with Crippen LogP contribution in [0.2, 0.25) is 0 Å². The molecule has 2 N–H and O–H groups in total. The Bertz CT molecular complexity index is 697. The summed E-state index contributed by atoms with van der Waals surface area (Å²) in [6.45, 7) is 6.62. The van der Waals surface area contributed by atoms with E-state index in [1.165, 1.54) is 6.92 Å². The minimum Gasteiger partial charge on any atom is -0.478 e. The number of aromatic carboxylic acids is 1. The Kier molecular flexibility index (Phi) is 3.29. The fraction of sp³-hybridized carbons (Fsp3) is 0.333. The first kappa shape index (κ1) is 14.1. The first-order valence-corrected chi connectivity index (χ1v) is 6.28. The smallest absolute Gasteiger partial charge is 0.338 e. The Morgan fingerprint density at radius 3 is 2.50 bits per heavy atom. The van der Waals surface area contributed by atoms with Crippen LogP contribution in [-0.4, -0.2) is 22.0 Å². The lowest BCUT2D eigenvalue weighted by molar-refractivity contribution is -0.154. The van der Waals surface area contributed by atoms with Gasteiger partial charge in [0, 0.05) is 23.5 Å². The van der Waals surface area contributed by atoms with Gasteiger partial charge in [-0.05, 0) is 38.5 Å². The Hall–Kier alpha value is -2.30. The van der Waals surface area contributed by atoms with E-state index in [4.69, 9.17) is 4.74 Å². The molecule has 0 atom stereocenters. The number of aromatic amines is 1. The molecule has 0 saturated heterocycles. The summed E-state index contributed by atoms with van der Waals surface area (Å²) in [6, 6.07) is 5.38. The normalized spacial score (nSPS) is 11.6. The molecule has 106 valence electrons. The summed E-state index contributed by atoms with van der Waals surface area (Å²) < 4.78 is 5.28. The van der Waals surface area contributed by atoms with Gasteiger partial charge in [-0.15, -0.1) is 0 Å². The van der Waals surface area contributed by atoms with Crippen molar-refractivity contribution < 1.29 is 19.4 Å². The van der Waals surface area contributed by atoms with Crippen LogP contribution in [0.5, 0.6) is 0 Å². The van der Waals surface area contributed by atoms with Crippen LogP contribution in [-0.2, 0) is 15.1 Å². The molecule has 0 bridgehead atoms. The first-order chi connectivity index (χ1) is 9.22. The molecule has 5 nitrogen and oxygen atoms in total. The minimum atomic E-state index is -0.976. The van der Waals surface area contributed by atoms with Crippen molar-refractivity contribution in [3.05, 3.63) is 35.0 Å². The van der Waals surface area contributed by atoms with Crippen molar-refractivity contribution in [3.8, 4) is 0 Å². The van der Waals surface area contributed by atoms with Crippen LogP contribution in [0.15, 0.2) is 18.2 Å². The van der Waals surface area contributed by atoms with Crippen LogP contribution >= 0.6 is 0 Å². The fourth-order valence-corrected chi connectivity index (χ4v) is 2.39. The molecule has 0 aliphatic rings.